The number of amides is 1. The number of aromatic nitrogens is 2. The third-order valence-electron chi connectivity index (χ3n) is 2.51. The summed E-state index contributed by atoms with van der Waals surface area (Å²) in [5, 5.41) is 13.3. The van der Waals surface area contributed by atoms with Crippen molar-refractivity contribution in [2.24, 2.45) is 0 Å². The molecule has 2 heterocycles. The molecule has 0 fully saturated rings. The fourth-order valence-corrected chi connectivity index (χ4v) is 2.26. The number of methoxy groups -OCH3 is 1. The number of ether oxygens (including phenoxy) is 1. The number of nitrogens with one attached hydrogen (secondary N) is 1. The van der Waals surface area contributed by atoms with Crippen LogP contribution in [0.25, 0.3) is 4.96 Å². The predicted octanol–water partition coefficient (Wildman–Crippen LogP) is -0.507. The zero-order valence-electron chi connectivity index (χ0n) is 10.2. The molecular weight excluding hydrogens is 270 g/mol. The van der Waals surface area contributed by atoms with Crippen molar-refractivity contribution in [2.45, 2.75) is 6.04 Å². The van der Waals surface area contributed by atoms with Gasteiger partial charge in [-0.15, -0.1) is 11.3 Å². The molecule has 7 nitrogen and oxygen atoms in total. The molecule has 1 unspecified atom stereocenters. The van der Waals surface area contributed by atoms with E-state index in [9.17, 15) is 9.59 Å². The van der Waals surface area contributed by atoms with Crippen molar-refractivity contribution >= 4 is 22.2 Å². The Morgan fingerprint density at radius 3 is 3.16 bits per heavy atom. The standard InChI is InChI=1S/C11H13N3O4S/c1-18-6-7(5-15)13-9(16)8-4-12-11-14(10(8)17)2-3-19-11/h2-4,7,15H,5-6H2,1H3,(H,13,16). The van der Waals surface area contributed by atoms with E-state index < -0.39 is 17.5 Å². The number of aliphatic hydroxyl groups excluding tert-OH is 1. The Hall–Kier alpha value is -1.77. The quantitative estimate of drug-likeness (QED) is 0.771. The number of fused-ring (bicyclic) bond motifs is 1. The summed E-state index contributed by atoms with van der Waals surface area (Å²) in [6.45, 7) is -0.104. The van der Waals surface area contributed by atoms with Gasteiger partial charge in [0.05, 0.1) is 19.3 Å². The second kappa shape index (κ2) is 5.91. The predicted molar refractivity (Wildman–Crippen MR) is 69.6 cm³/mol. The minimum absolute atomic E-state index is 0.0644. The molecule has 2 N–H and O–H groups in total. The van der Waals surface area contributed by atoms with E-state index >= 15 is 0 Å². The summed E-state index contributed by atoms with van der Waals surface area (Å²) < 4.78 is 6.16. The van der Waals surface area contributed by atoms with Crippen LogP contribution in [-0.4, -0.2) is 46.8 Å². The van der Waals surface area contributed by atoms with E-state index in [1.807, 2.05) is 0 Å². The number of rotatable bonds is 5. The summed E-state index contributed by atoms with van der Waals surface area (Å²) in [7, 11) is 1.46. The van der Waals surface area contributed by atoms with E-state index in [0.717, 1.165) is 0 Å². The van der Waals surface area contributed by atoms with Crippen LogP contribution in [0.5, 0.6) is 0 Å². The van der Waals surface area contributed by atoms with E-state index in [2.05, 4.69) is 10.3 Å². The molecule has 0 bridgehead atoms. The Morgan fingerprint density at radius 2 is 2.47 bits per heavy atom. The summed E-state index contributed by atoms with van der Waals surface area (Å²) >= 11 is 1.31. The van der Waals surface area contributed by atoms with Gasteiger partial charge in [-0.05, 0) is 0 Å². The van der Waals surface area contributed by atoms with Crippen LogP contribution in [-0.2, 0) is 4.74 Å². The first-order valence-electron chi connectivity index (χ1n) is 5.53. The number of thiazole rings is 1. The van der Waals surface area contributed by atoms with Crippen molar-refractivity contribution in [3.63, 3.8) is 0 Å². The van der Waals surface area contributed by atoms with E-state index in [4.69, 9.17) is 9.84 Å². The average molecular weight is 283 g/mol. The highest BCUT2D eigenvalue weighted by Crippen LogP contribution is 2.05. The van der Waals surface area contributed by atoms with Crippen LogP contribution in [0.4, 0.5) is 0 Å². The van der Waals surface area contributed by atoms with Gasteiger partial charge in [0.2, 0.25) is 0 Å². The summed E-state index contributed by atoms with van der Waals surface area (Å²) in [5.41, 5.74) is -0.497. The van der Waals surface area contributed by atoms with Crippen LogP contribution < -0.4 is 10.9 Å². The zero-order valence-corrected chi connectivity index (χ0v) is 11.0. The molecule has 2 rings (SSSR count). The van der Waals surface area contributed by atoms with Gasteiger partial charge in [0.15, 0.2) is 4.96 Å². The Bertz CT molecular complexity index is 636. The largest absolute Gasteiger partial charge is 0.394 e. The van der Waals surface area contributed by atoms with Crippen LogP contribution in [0.15, 0.2) is 22.6 Å². The van der Waals surface area contributed by atoms with E-state index in [0.29, 0.717) is 4.96 Å². The molecule has 0 saturated heterocycles. The molecule has 0 spiro atoms. The Balaban J connectivity index is 2.26. The number of carbonyl (C=O) groups is 1. The smallest absolute Gasteiger partial charge is 0.271 e. The van der Waals surface area contributed by atoms with Crippen molar-refractivity contribution in [3.8, 4) is 0 Å². The first-order chi connectivity index (χ1) is 9.17. The molecule has 19 heavy (non-hydrogen) atoms. The Morgan fingerprint density at radius 1 is 1.68 bits per heavy atom. The van der Waals surface area contributed by atoms with E-state index in [1.165, 1.54) is 29.0 Å². The van der Waals surface area contributed by atoms with E-state index in [1.54, 1.807) is 11.6 Å². The fourth-order valence-electron chi connectivity index (χ4n) is 1.58. The van der Waals surface area contributed by atoms with Crippen LogP contribution in [0.2, 0.25) is 0 Å². The maximum Gasteiger partial charge on any atom is 0.271 e. The van der Waals surface area contributed by atoms with Crippen LogP contribution in [0.1, 0.15) is 10.4 Å². The molecular formula is C11H13N3O4S. The monoisotopic (exact) mass is 283 g/mol. The lowest BCUT2D eigenvalue weighted by Gasteiger charge is -2.14. The van der Waals surface area contributed by atoms with Gasteiger partial charge in [-0.3, -0.25) is 14.0 Å². The lowest BCUT2D eigenvalue weighted by molar-refractivity contribution is 0.0838. The number of aliphatic hydroxyl groups is 1. The van der Waals surface area contributed by atoms with Crippen molar-refractivity contribution in [1.82, 2.24) is 14.7 Å². The van der Waals surface area contributed by atoms with Crippen LogP contribution in [0.3, 0.4) is 0 Å². The van der Waals surface area contributed by atoms with Crippen molar-refractivity contribution < 1.29 is 14.6 Å². The third kappa shape index (κ3) is 2.80. The molecule has 0 aromatic carbocycles. The van der Waals surface area contributed by atoms with Gasteiger partial charge >= 0.3 is 0 Å². The molecule has 0 aliphatic heterocycles. The fraction of sp³-hybridized carbons (Fsp3) is 0.364. The zero-order chi connectivity index (χ0) is 13.8. The highest BCUT2D eigenvalue weighted by atomic mass is 32.1. The highest BCUT2D eigenvalue weighted by molar-refractivity contribution is 7.15. The minimum Gasteiger partial charge on any atom is -0.394 e. The SMILES string of the molecule is COCC(CO)NC(=O)c1cnc2sccn2c1=O. The molecule has 0 saturated carbocycles. The van der Waals surface area contributed by atoms with Gasteiger partial charge in [0.25, 0.3) is 11.5 Å². The van der Waals surface area contributed by atoms with Gasteiger partial charge < -0.3 is 15.2 Å². The molecule has 1 amide bonds. The van der Waals surface area contributed by atoms with Gasteiger partial charge in [-0.1, -0.05) is 0 Å². The first kappa shape index (κ1) is 13.7. The number of nitrogens with zero attached hydrogens (tertiary/aromatic N) is 2. The molecule has 2 aromatic rings. The highest BCUT2D eigenvalue weighted by Gasteiger charge is 2.17. The van der Waals surface area contributed by atoms with Crippen LogP contribution >= 0.6 is 11.3 Å². The maximum absolute atomic E-state index is 12.0. The second-order valence-corrected chi connectivity index (χ2v) is 4.71. The topological polar surface area (TPSA) is 92.9 Å². The molecule has 102 valence electrons. The lowest BCUT2D eigenvalue weighted by atomic mass is 10.2. The minimum atomic E-state index is -0.575. The van der Waals surface area contributed by atoms with E-state index in [-0.39, 0.29) is 18.8 Å². The van der Waals surface area contributed by atoms with Gasteiger partial charge in [-0.25, -0.2) is 4.98 Å². The molecule has 0 aliphatic carbocycles. The summed E-state index contributed by atoms with van der Waals surface area (Å²) in [4.78, 5) is 28.5. The maximum atomic E-state index is 12.0. The Kier molecular flexibility index (Phi) is 4.25. The van der Waals surface area contributed by atoms with Gasteiger partial charge in [0.1, 0.15) is 5.56 Å². The van der Waals surface area contributed by atoms with Crippen molar-refractivity contribution in [2.75, 3.05) is 20.3 Å². The molecule has 8 heteroatoms. The first-order valence-corrected chi connectivity index (χ1v) is 6.41. The molecule has 0 aliphatic rings. The third-order valence-corrected chi connectivity index (χ3v) is 3.28. The molecule has 0 radical (unpaired) electrons. The number of hydrogen-bond donors (Lipinski definition) is 2. The Labute approximate surface area is 112 Å². The second-order valence-electron chi connectivity index (χ2n) is 3.84. The van der Waals surface area contributed by atoms with Crippen LogP contribution in [0, 0.1) is 0 Å². The summed E-state index contributed by atoms with van der Waals surface area (Å²) in [6, 6.07) is -0.555. The molecule has 2 aromatic heterocycles. The van der Waals surface area contributed by atoms with Gasteiger partial charge in [-0.2, -0.15) is 0 Å². The van der Waals surface area contributed by atoms with Crippen molar-refractivity contribution in [1.29, 1.82) is 0 Å². The van der Waals surface area contributed by atoms with Crippen molar-refractivity contribution in [3.05, 3.63) is 33.7 Å². The summed E-state index contributed by atoms with van der Waals surface area (Å²) in [5.74, 6) is -0.575. The normalized spacial score (nSPS) is 12.5. The number of hydrogen-bond acceptors (Lipinski definition) is 6. The average Bonchev–Trinajstić information content (AvgIpc) is 2.87. The lowest BCUT2D eigenvalue weighted by Crippen LogP contribution is -2.42. The van der Waals surface area contributed by atoms with Gasteiger partial charge in [0, 0.05) is 24.9 Å². The summed E-state index contributed by atoms with van der Waals surface area (Å²) in [6.07, 6.45) is 2.80. The number of carbonyl (C=O) groups excluding carboxylic acids is 1. The molecule has 1 atom stereocenters.